The van der Waals surface area contributed by atoms with Crippen LogP contribution in [0.2, 0.25) is 0 Å². The van der Waals surface area contributed by atoms with Crippen LogP contribution in [0.15, 0.2) is 53.5 Å². The molecule has 0 atom stereocenters. The highest BCUT2D eigenvalue weighted by atomic mass is 127. The van der Waals surface area contributed by atoms with Crippen molar-refractivity contribution in [2.45, 2.75) is 40.3 Å². The number of amides is 1. The highest BCUT2D eigenvalue weighted by Gasteiger charge is 2.06. The quantitative estimate of drug-likeness (QED) is 0.251. The lowest BCUT2D eigenvalue weighted by molar-refractivity contribution is -0.121. The van der Waals surface area contributed by atoms with Gasteiger partial charge in [0.15, 0.2) is 5.96 Å². The molecular weight excluding hydrogens is 491 g/mol. The van der Waals surface area contributed by atoms with Gasteiger partial charge in [0, 0.05) is 31.6 Å². The first kappa shape index (κ1) is 25.7. The van der Waals surface area contributed by atoms with E-state index in [1.54, 1.807) is 0 Å². The smallest absolute Gasteiger partial charge is 0.222 e. The summed E-state index contributed by atoms with van der Waals surface area (Å²) in [6.45, 7) is 8.97. The number of aliphatic imine (C=N–C) groups is 1. The van der Waals surface area contributed by atoms with E-state index >= 15 is 0 Å². The molecule has 2 rings (SSSR count). The monoisotopic (exact) mass is 524 g/mol. The van der Waals surface area contributed by atoms with E-state index in [-0.39, 0.29) is 29.9 Å². The van der Waals surface area contributed by atoms with Crippen LogP contribution in [-0.4, -0.2) is 31.6 Å². The molecule has 0 bridgehead atoms. The Labute approximate surface area is 196 Å². The summed E-state index contributed by atoms with van der Waals surface area (Å²) in [5.41, 5.74) is 3.29. The van der Waals surface area contributed by atoms with Crippen molar-refractivity contribution in [3.05, 3.63) is 65.2 Å². The van der Waals surface area contributed by atoms with E-state index in [4.69, 9.17) is 4.74 Å². The minimum absolute atomic E-state index is 0. The van der Waals surface area contributed by atoms with Crippen LogP contribution in [0.4, 0.5) is 0 Å². The number of aryl methyl sites for hydroxylation is 1. The minimum atomic E-state index is 0. The molecule has 6 nitrogen and oxygen atoms in total. The number of hydrogen-bond donors (Lipinski definition) is 3. The van der Waals surface area contributed by atoms with Gasteiger partial charge >= 0.3 is 0 Å². The molecule has 2 aromatic rings. The maximum Gasteiger partial charge on any atom is 0.222 e. The van der Waals surface area contributed by atoms with Gasteiger partial charge in [0.05, 0.1) is 13.2 Å². The summed E-state index contributed by atoms with van der Waals surface area (Å²) in [4.78, 5) is 16.7. The molecule has 0 aromatic heterocycles. The first-order valence-electron chi connectivity index (χ1n) is 10.2. The predicted molar refractivity (Wildman–Crippen MR) is 133 cm³/mol. The summed E-state index contributed by atoms with van der Waals surface area (Å²) in [6, 6.07) is 16.0. The van der Waals surface area contributed by atoms with Crippen LogP contribution in [0.5, 0.6) is 5.75 Å². The maximum absolute atomic E-state index is 12.1. The Morgan fingerprint density at radius 2 is 1.80 bits per heavy atom. The third-order valence-corrected chi connectivity index (χ3v) is 4.25. The number of carbonyl (C=O) groups is 1. The third kappa shape index (κ3) is 9.47. The summed E-state index contributed by atoms with van der Waals surface area (Å²) >= 11 is 0. The topological polar surface area (TPSA) is 74.8 Å². The van der Waals surface area contributed by atoms with Crippen molar-refractivity contribution in [1.29, 1.82) is 0 Å². The van der Waals surface area contributed by atoms with Gasteiger partial charge in [0.1, 0.15) is 5.75 Å². The van der Waals surface area contributed by atoms with Crippen LogP contribution >= 0.6 is 24.0 Å². The second-order valence-electron chi connectivity index (χ2n) is 6.68. The van der Waals surface area contributed by atoms with E-state index in [1.807, 2.05) is 63.2 Å². The molecule has 3 N–H and O–H groups in total. The van der Waals surface area contributed by atoms with E-state index in [2.05, 4.69) is 27.0 Å². The minimum Gasteiger partial charge on any atom is -0.494 e. The maximum atomic E-state index is 12.1. The van der Waals surface area contributed by atoms with Gasteiger partial charge in [-0.25, -0.2) is 4.99 Å². The van der Waals surface area contributed by atoms with Crippen LogP contribution in [0.25, 0.3) is 0 Å². The van der Waals surface area contributed by atoms with E-state index in [9.17, 15) is 4.79 Å². The first-order valence-corrected chi connectivity index (χ1v) is 10.2. The molecule has 0 saturated heterocycles. The molecule has 0 aliphatic heterocycles. The number of ether oxygens (including phenoxy) is 1. The lowest BCUT2D eigenvalue weighted by Gasteiger charge is -2.13. The van der Waals surface area contributed by atoms with E-state index in [1.165, 1.54) is 0 Å². The molecule has 0 radical (unpaired) electrons. The van der Waals surface area contributed by atoms with Crippen molar-refractivity contribution in [1.82, 2.24) is 16.0 Å². The zero-order valence-corrected chi connectivity index (χ0v) is 20.4. The fraction of sp³-hybridized carbons (Fsp3) is 0.391. The molecular formula is C23H33IN4O2. The lowest BCUT2D eigenvalue weighted by atomic mass is 10.1. The second kappa shape index (κ2) is 14.7. The highest BCUT2D eigenvalue weighted by Crippen LogP contribution is 2.21. The van der Waals surface area contributed by atoms with E-state index in [0.717, 1.165) is 29.0 Å². The van der Waals surface area contributed by atoms with E-state index < -0.39 is 0 Å². The fourth-order valence-electron chi connectivity index (χ4n) is 2.77. The molecule has 0 unspecified atom stereocenters. The Kier molecular flexibility index (Phi) is 12.6. The molecule has 0 saturated carbocycles. The van der Waals surface area contributed by atoms with Crippen LogP contribution < -0.4 is 20.7 Å². The van der Waals surface area contributed by atoms with Crippen LogP contribution in [0.1, 0.15) is 37.0 Å². The molecule has 30 heavy (non-hydrogen) atoms. The highest BCUT2D eigenvalue weighted by molar-refractivity contribution is 14.0. The van der Waals surface area contributed by atoms with Crippen LogP contribution in [0.3, 0.4) is 0 Å². The van der Waals surface area contributed by atoms with Gasteiger partial charge in [-0.05, 0) is 38.0 Å². The Bertz CT molecular complexity index is 797. The van der Waals surface area contributed by atoms with Gasteiger partial charge in [-0.15, -0.1) is 24.0 Å². The summed E-state index contributed by atoms with van der Waals surface area (Å²) in [5.74, 6) is 1.56. The average molecular weight is 524 g/mol. The molecule has 2 aromatic carbocycles. The Hall–Kier alpha value is -2.29. The van der Waals surface area contributed by atoms with Gasteiger partial charge in [-0.1, -0.05) is 42.5 Å². The second-order valence-corrected chi connectivity index (χ2v) is 6.68. The molecule has 0 heterocycles. The number of nitrogens with one attached hydrogen (secondary N) is 3. The largest absolute Gasteiger partial charge is 0.494 e. The van der Waals surface area contributed by atoms with Crippen LogP contribution in [0, 0.1) is 6.92 Å². The lowest BCUT2D eigenvalue weighted by Crippen LogP contribution is -2.39. The standard InChI is InChI=1S/C23H32N4O2.HI/c1-4-24-23(27-17-20-12-11-18(3)15-21(20)29-5-2)25-14-13-22(28)26-16-19-9-7-6-8-10-19;/h6-12,15H,4-5,13-14,16-17H2,1-3H3,(H,26,28)(H2,24,25,27);1H. The summed E-state index contributed by atoms with van der Waals surface area (Å²) in [6.07, 6.45) is 0.381. The Morgan fingerprint density at radius 3 is 2.50 bits per heavy atom. The van der Waals surface area contributed by atoms with Crippen molar-refractivity contribution >= 4 is 35.8 Å². The third-order valence-electron chi connectivity index (χ3n) is 4.25. The summed E-state index contributed by atoms with van der Waals surface area (Å²) in [5, 5.41) is 9.37. The molecule has 0 aliphatic carbocycles. The number of nitrogens with zero attached hydrogens (tertiary/aromatic N) is 1. The average Bonchev–Trinajstić information content (AvgIpc) is 2.72. The molecule has 1 amide bonds. The van der Waals surface area contributed by atoms with Crippen molar-refractivity contribution in [2.24, 2.45) is 4.99 Å². The number of halogens is 1. The zero-order chi connectivity index (χ0) is 20.9. The zero-order valence-electron chi connectivity index (χ0n) is 18.0. The van der Waals surface area contributed by atoms with Crippen molar-refractivity contribution in [3.8, 4) is 5.75 Å². The molecule has 0 aliphatic rings. The molecule has 0 fully saturated rings. The molecule has 0 spiro atoms. The normalized spacial score (nSPS) is 10.7. The van der Waals surface area contributed by atoms with E-state index in [0.29, 0.717) is 38.6 Å². The number of hydrogen-bond acceptors (Lipinski definition) is 3. The van der Waals surface area contributed by atoms with Crippen molar-refractivity contribution in [2.75, 3.05) is 19.7 Å². The number of carbonyl (C=O) groups excluding carboxylic acids is 1. The van der Waals surface area contributed by atoms with Gasteiger partial charge in [0.2, 0.25) is 5.91 Å². The predicted octanol–water partition coefficient (Wildman–Crippen LogP) is 3.77. The summed E-state index contributed by atoms with van der Waals surface area (Å²) in [7, 11) is 0. The van der Waals surface area contributed by atoms with Gasteiger partial charge in [0.25, 0.3) is 0 Å². The Balaban J connectivity index is 0.00000450. The SMILES string of the molecule is CCNC(=NCc1ccc(C)cc1OCC)NCCC(=O)NCc1ccccc1.I. The molecule has 7 heteroatoms. The van der Waals surface area contributed by atoms with Gasteiger partial charge in [-0.2, -0.15) is 0 Å². The first-order chi connectivity index (χ1) is 14.1. The number of guanidine groups is 1. The number of benzene rings is 2. The fourth-order valence-corrected chi connectivity index (χ4v) is 2.77. The number of rotatable bonds is 10. The van der Waals surface area contributed by atoms with Gasteiger partial charge < -0.3 is 20.7 Å². The van der Waals surface area contributed by atoms with Crippen LogP contribution in [-0.2, 0) is 17.9 Å². The summed E-state index contributed by atoms with van der Waals surface area (Å²) < 4.78 is 5.72. The Morgan fingerprint density at radius 1 is 1.03 bits per heavy atom. The van der Waals surface area contributed by atoms with Gasteiger partial charge in [-0.3, -0.25) is 4.79 Å². The molecule has 164 valence electrons. The van der Waals surface area contributed by atoms with Crippen molar-refractivity contribution < 1.29 is 9.53 Å². The van der Waals surface area contributed by atoms with Crippen molar-refractivity contribution in [3.63, 3.8) is 0 Å².